The number of piperidine rings is 1. The molecular weight excluding hydrogens is 305 g/mol. The minimum atomic E-state index is -4.34. The second kappa shape index (κ2) is 6.15. The second-order valence-electron chi connectivity index (χ2n) is 6.48. The highest BCUT2D eigenvalue weighted by Gasteiger charge is 2.46. The number of alkyl halides is 3. The summed E-state index contributed by atoms with van der Waals surface area (Å²) in [5.74, 6) is -0.138. The predicted molar refractivity (Wildman–Crippen MR) is 81.0 cm³/mol. The molecule has 1 aromatic carbocycles. The van der Waals surface area contributed by atoms with Crippen LogP contribution in [0.2, 0.25) is 0 Å². The average molecular weight is 326 g/mol. The molecule has 3 atom stereocenters. The normalized spacial score (nSPS) is 27.8. The molecule has 1 heterocycles. The molecular formula is C17H21F3N2O. The first kappa shape index (κ1) is 16.3. The van der Waals surface area contributed by atoms with E-state index in [4.69, 9.17) is 0 Å². The van der Waals surface area contributed by atoms with Crippen LogP contribution in [0, 0.1) is 5.92 Å². The molecule has 0 aromatic heterocycles. The Morgan fingerprint density at radius 1 is 1.35 bits per heavy atom. The van der Waals surface area contributed by atoms with Gasteiger partial charge in [0.05, 0.1) is 5.56 Å². The van der Waals surface area contributed by atoms with E-state index in [9.17, 15) is 18.0 Å². The zero-order chi connectivity index (χ0) is 16.6. The Labute approximate surface area is 133 Å². The van der Waals surface area contributed by atoms with Crippen molar-refractivity contribution in [2.45, 2.75) is 37.4 Å². The quantitative estimate of drug-likeness (QED) is 0.926. The van der Waals surface area contributed by atoms with Gasteiger partial charge in [-0.3, -0.25) is 4.79 Å². The number of benzene rings is 1. The lowest BCUT2D eigenvalue weighted by atomic mass is 10.0. The van der Waals surface area contributed by atoms with Gasteiger partial charge in [0, 0.05) is 25.0 Å². The molecule has 3 rings (SSSR count). The number of nitrogens with zero attached hydrogens (tertiary/aromatic N) is 1. The Morgan fingerprint density at radius 2 is 2.13 bits per heavy atom. The first-order chi connectivity index (χ1) is 10.9. The van der Waals surface area contributed by atoms with Gasteiger partial charge in [-0.2, -0.15) is 13.2 Å². The number of likely N-dealkylation sites (N-methyl/N-ethyl adjacent to an activating group) is 1. The number of likely N-dealkylation sites (tertiary alicyclic amines) is 1. The van der Waals surface area contributed by atoms with E-state index in [0.29, 0.717) is 24.6 Å². The Morgan fingerprint density at radius 3 is 2.83 bits per heavy atom. The molecule has 126 valence electrons. The maximum Gasteiger partial charge on any atom is 0.416 e. The van der Waals surface area contributed by atoms with E-state index in [1.807, 2.05) is 11.9 Å². The monoisotopic (exact) mass is 326 g/mol. The lowest BCUT2D eigenvalue weighted by Gasteiger charge is -2.32. The van der Waals surface area contributed by atoms with Crippen molar-refractivity contribution in [1.29, 1.82) is 0 Å². The number of rotatable bonds is 3. The Balaban J connectivity index is 1.66. The van der Waals surface area contributed by atoms with Crippen molar-refractivity contribution >= 4 is 5.91 Å². The fourth-order valence-corrected chi connectivity index (χ4v) is 3.43. The minimum absolute atomic E-state index is 0.0697. The van der Waals surface area contributed by atoms with Gasteiger partial charge in [-0.05, 0) is 43.9 Å². The Hall–Kier alpha value is -1.56. The molecule has 1 saturated carbocycles. The Bertz CT molecular complexity index is 587. The average Bonchev–Trinajstić information content (AvgIpc) is 3.34. The zero-order valence-corrected chi connectivity index (χ0v) is 13.1. The van der Waals surface area contributed by atoms with Crippen molar-refractivity contribution in [3.05, 3.63) is 35.4 Å². The summed E-state index contributed by atoms with van der Waals surface area (Å²) in [4.78, 5) is 14.4. The lowest BCUT2D eigenvalue weighted by Crippen LogP contribution is -2.47. The third-order valence-corrected chi connectivity index (χ3v) is 4.89. The van der Waals surface area contributed by atoms with Gasteiger partial charge in [0.2, 0.25) is 5.91 Å². The molecule has 6 heteroatoms. The molecule has 1 aliphatic heterocycles. The fourth-order valence-electron chi connectivity index (χ4n) is 3.43. The van der Waals surface area contributed by atoms with Gasteiger partial charge in [0.25, 0.3) is 0 Å². The highest BCUT2D eigenvalue weighted by Crippen LogP contribution is 2.49. The molecule has 0 bridgehead atoms. The van der Waals surface area contributed by atoms with Gasteiger partial charge < -0.3 is 10.2 Å². The number of carbonyl (C=O) groups excluding carboxylic acids is 1. The minimum Gasteiger partial charge on any atom is -0.341 e. The SMILES string of the molecule is CN[C@@H]1CCCN(C(=O)[C@@H]2C[C@H]2c2cccc(C(F)(F)F)c2)C1. The lowest BCUT2D eigenvalue weighted by molar-refractivity contribution is -0.137. The van der Waals surface area contributed by atoms with Crippen molar-refractivity contribution in [2.24, 2.45) is 5.92 Å². The molecule has 1 aromatic rings. The first-order valence-electron chi connectivity index (χ1n) is 8.03. The molecule has 1 N–H and O–H groups in total. The molecule has 1 aliphatic carbocycles. The number of hydrogen-bond donors (Lipinski definition) is 1. The zero-order valence-electron chi connectivity index (χ0n) is 13.1. The van der Waals surface area contributed by atoms with E-state index in [0.717, 1.165) is 25.5 Å². The highest BCUT2D eigenvalue weighted by atomic mass is 19.4. The summed E-state index contributed by atoms with van der Waals surface area (Å²) in [6, 6.07) is 5.70. The van der Waals surface area contributed by atoms with Crippen LogP contribution in [0.25, 0.3) is 0 Å². The molecule has 2 aliphatic rings. The molecule has 0 unspecified atom stereocenters. The number of nitrogens with one attached hydrogen (secondary N) is 1. The van der Waals surface area contributed by atoms with E-state index in [1.54, 1.807) is 6.07 Å². The van der Waals surface area contributed by atoms with Gasteiger partial charge in [-0.25, -0.2) is 0 Å². The van der Waals surface area contributed by atoms with E-state index in [1.165, 1.54) is 12.1 Å². The van der Waals surface area contributed by atoms with Gasteiger partial charge >= 0.3 is 6.18 Å². The fraction of sp³-hybridized carbons (Fsp3) is 0.588. The standard InChI is InChI=1S/C17H21F3N2O/c1-21-13-6-3-7-22(10-13)16(23)15-9-14(15)11-4-2-5-12(8-11)17(18,19)20/h2,4-5,8,13-15,21H,3,6-7,9-10H2,1H3/t13-,14+,15-/m1/s1. The van der Waals surface area contributed by atoms with E-state index in [2.05, 4.69) is 5.32 Å². The van der Waals surface area contributed by atoms with Gasteiger partial charge in [0.1, 0.15) is 0 Å². The van der Waals surface area contributed by atoms with Gasteiger partial charge in [-0.1, -0.05) is 18.2 Å². The van der Waals surface area contributed by atoms with Gasteiger partial charge in [-0.15, -0.1) is 0 Å². The topological polar surface area (TPSA) is 32.3 Å². The predicted octanol–water partition coefficient (Wildman–Crippen LogP) is 3.02. The molecule has 2 fully saturated rings. The van der Waals surface area contributed by atoms with Crippen molar-refractivity contribution in [3.63, 3.8) is 0 Å². The smallest absolute Gasteiger partial charge is 0.341 e. The summed E-state index contributed by atoms with van der Waals surface area (Å²) in [5, 5.41) is 3.20. The van der Waals surface area contributed by atoms with Gasteiger partial charge in [0.15, 0.2) is 0 Å². The number of halogens is 3. The summed E-state index contributed by atoms with van der Waals surface area (Å²) in [6.07, 6.45) is -1.65. The molecule has 0 spiro atoms. The molecule has 1 saturated heterocycles. The van der Waals surface area contributed by atoms with Crippen LogP contribution < -0.4 is 5.32 Å². The van der Waals surface area contributed by atoms with Crippen LogP contribution >= 0.6 is 0 Å². The number of amides is 1. The van der Waals surface area contributed by atoms with Crippen LogP contribution in [0.1, 0.15) is 36.3 Å². The molecule has 1 amide bonds. The van der Waals surface area contributed by atoms with E-state index in [-0.39, 0.29) is 17.7 Å². The summed E-state index contributed by atoms with van der Waals surface area (Å²) >= 11 is 0. The van der Waals surface area contributed by atoms with Crippen molar-refractivity contribution in [1.82, 2.24) is 10.2 Å². The van der Waals surface area contributed by atoms with E-state index < -0.39 is 11.7 Å². The maximum absolute atomic E-state index is 12.8. The van der Waals surface area contributed by atoms with Crippen LogP contribution in [-0.2, 0) is 11.0 Å². The largest absolute Gasteiger partial charge is 0.416 e. The van der Waals surface area contributed by atoms with Crippen molar-refractivity contribution in [3.8, 4) is 0 Å². The highest BCUT2D eigenvalue weighted by molar-refractivity contribution is 5.83. The first-order valence-corrected chi connectivity index (χ1v) is 8.03. The van der Waals surface area contributed by atoms with Crippen LogP contribution in [0.15, 0.2) is 24.3 Å². The maximum atomic E-state index is 12.8. The van der Waals surface area contributed by atoms with Crippen LogP contribution in [0.3, 0.4) is 0 Å². The number of carbonyl (C=O) groups is 1. The second-order valence-corrected chi connectivity index (χ2v) is 6.48. The third kappa shape index (κ3) is 3.52. The molecule has 3 nitrogen and oxygen atoms in total. The van der Waals surface area contributed by atoms with Crippen LogP contribution in [-0.4, -0.2) is 37.0 Å². The van der Waals surface area contributed by atoms with Crippen LogP contribution in [0.4, 0.5) is 13.2 Å². The summed E-state index contributed by atoms with van der Waals surface area (Å²) in [7, 11) is 1.89. The summed E-state index contributed by atoms with van der Waals surface area (Å²) in [5.41, 5.74) is -0.0123. The van der Waals surface area contributed by atoms with Crippen molar-refractivity contribution < 1.29 is 18.0 Å². The van der Waals surface area contributed by atoms with Crippen LogP contribution in [0.5, 0.6) is 0 Å². The Kier molecular flexibility index (Phi) is 4.36. The summed E-state index contributed by atoms with van der Waals surface area (Å²) < 4.78 is 38.4. The number of hydrogen-bond acceptors (Lipinski definition) is 2. The molecule has 23 heavy (non-hydrogen) atoms. The molecule has 0 radical (unpaired) electrons. The third-order valence-electron chi connectivity index (χ3n) is 4.89. The van der Waals surface area contributed by atoms with E-state index >= 15 is 0 Å². The van der Waals surface area contributed by atoms with Crippen molar-refractivity contribution in [2.75, 3.05) is 20.1 Å². The summed E-state index contributed by atoms with van der Waals surface area (Å²) in [6.45, 7) is 1.45.